The highest BCUT2D eigenvalue weighted by molar-refractivity contribution is 6.04. The number of carboxylic acid groups (broad SMARTS) is 1. The van der Waals surface area contributed by atoms with Gasteiger partial charge in [0.25, 0.3) is 0 Å². The number of aliphatic carboxylic acids is 1. The predicted octanol–water partition coefficient (Wildman–Crippen LogP) is 1.27. The van der Waals surface area contributed by atoms with E-state index in [-0.39, 0.29) is 30.1 Å². The summed E-state index contributed by atoms with van der Waals surface area (Å²) in [7, 11) is 0. The highest BCUT2D eigenvalue weighted by atomic mass is 16.4. The van der Waals surface area contributed by atoms with Gasteiger partial charge in [0.05, 0.1) is 0 Å². The van der Waals surface area contributed by atoms with E-state index in [0.29, 0.717) is 19.4 Å². The van der Waals surface area contributed by atoms with Crippen molar-refractivity contribution in [2.75, 3.05) is 6.54 Å². The summed E-state index contributed by atoms with van der Waals surface area (Å²) in [5.41, 5.74) is 0. The van der Waals surface area contributed by atoms with Crippen LogP contribution >= 0.6 is 0 Å². The van der Waals surface area contributed by atoms with Crippen LogP contribution in [0.1, 0.15) is 39.5 Å². The normalized spacial score (nSPS) is 24.5. The van der Waals surface area contributed by atoms with Crippen LogP contribution in [0.15, 0.2) is 0 Å². The molecule has 0 aromatic carbocycles. The third-order valence-corrected chi connectivity index (χ3v) is 3.33. The molecule has 0 saturated carbocycles. The van der Waals surface area contributed by atoms with Crippen LogP contribution in [0.3, 0.4) is 0 Å². The monoisotopic (exact) mass is 241 g/mol. The van der Waals surface area contributed by atoms with E-state index >= 15 is 0 Å². The van der Waals surface area contributed by atoms with E-state index in [1.54, 1.807) is 13.8 Å². The van der Waals surface area contributed by atoms with Gasteiger partial charge in [0, 0.05) is 24.8 Å². The summed E-state index contributed by atoms with van der Waals surface area (Å²) in [5, 5.41) is 8.46. The Morgan fingerprint density at radius 2 is 1.65 bits per heavy atom. The molecule has 2 unspecified atom stereocenters. The Morgan fingerprint density at radius 3 is 2.12 bits per heavy atom. The maximum Gasteiger partial charge on any atom is 0.303 e. The Bertz CT molecular complexity index is 306. The summed E-state index contributed by atoms with van der Waals surface area (Å²) in [6.07, 6.45) is 2.15. The minimum atomic E-state index is -0.805. The summed E-state index contributed by atoms with van der Waals surface area (Å²) in [6, 6.07) is 0. The smallest absolute Gasteiger partial charge is 0.303 e. The second-order valence-electron chi connectivity index (χ2n) is 4.61. The zero-order chi connectivity index (χ0) is 13.0. The van der Waals surface area contributed by atoms with Crippen molar-refractivity contribution in [3.8, 4) is 0 Å². The lowest BCUT2D eigenvalue weighted by Crippen LogP contribution is -2.31. The van der Waals surface area contributed by atoms with Gasteiger partial charge in [-0.25, -0.2) is 0 Å². The average molecular weight is 241 g/mol. The number of carbonyl (C=O) groups excluding carboxylic acids is 2. The number of hydrogen-bond acceptors (Lipinski definition) is 3. The number of nitrogens with zero attached hydrogens (tertiary/aromatic N) is 1. The lowest BCUT2D eigenvalue weighted by atomic mass is 10.00. The van der Waals surface area contributed by atoms with Crippen LogP contribution in [0.2, 0.25) is 0 Å². The number of carbonyl (C=O) groups is 3. The molecular formula is C12H19NO4. The molecule has 96 valence electrons. The van der Waals surface area contributed by atoms with Crippen LogP contribution in [0.4, 0.5) is 0 Å². The topological polar surface area (TPSA) is 74.7 Å². The summed E-state index contributed by atoms with van der Waals surface area (Å²) in [6.45, 7) is 3.97. The minimum absolute atomic E-state index is 0.0965. The van der Waals surface area contributed by atoms with Gasteiger partial charge >= 0.3 is 5.97 Å². The summed E-state index contributed by atoms with van der Waals surface area (Å²) in [4.78, 5) is 35.0. The second kappa shape index (κ2) is 5.80. The lowest BCUT2D eigenvalue weighted by Gasteiger charge is -2.13. The van der Waals surface area contributed by atoms with Crippen LogP contribution in [0.25, 0.3) is 0 Å². The quantitative estimate of drug-likeness (QED) is 0.561. The molecule has 2 amide bonds. The Morgan fingerprint density at radius 1 is 1.12 bits per heavy atom. The number of amides is 2. The molecule has 17 heavy (non-hydrogen) atoms. The van der Waals surface area contributed by atoms with Crippen molar-refractivity contribution >= 4 is 17.8 Å². The Hall–Kier alpha value is -1.39. The minimum Gasteiger partial charge on any atom is -0.481 e. The Labute approximate surface area is 101 Å². The largest absolute Gasteiger partial charge is 0.481 e. The number of hydrogen-bond donors (Lipinski definition) is 1. The van der Waals surface area contributed by atoms with Crippen molar-refractivity contribution in [2.24, 2.45) is 11.8 Å². The van der Waals surface area contributed by atoms with Crippen molar-refractivity contribution in [3.05, 3.63) is 0 Å². The van der Waals surface area contributed by atoms with Crippen molar-refractivity contribution < 1.29 is 19.5 Å². The molecule has 1 fully saturated rings. The SMILES string of the molecule is CC1C(=O)N(CCCCCC(=O)O)C(=O)C1C. The molecule has 1 rings (SSSR count). The van der Waals surface area contributed by atoms with Gasteiger partial charge in [0.2, 0.25) is 11.8 Å². The first-order valence-corrected chi connectivity index (χ1v) is 6.02. The summed E-state index contributed by atoms with van der Waals surface area (Å²) < 4.78 is 0. The Kier molecular flexibility index (Phi) is 4.66. The number of rotatable bonds is 6. The van der Waals surface area contributed by atoms with Gasteiger partial charge in [0.1, 0.15) is 0 Å². The molecule has 0 aromatic heterocycles. The molecule has 5 heteroatoms. The zero-order valence-corrected chi connectivity index (χ0v) is 10.3. The van der Waals surface area contributed by atoms with Gasteiger partial charge in [-0.15, -0.1) is 0 Å². The highest BCUT2D eigenvalue weighted by Crippen LogP contribution is 2.25. The van der Waals surface area contributed by atoms with E-state index in [4.69, 9.17) is 5.11 Å². The third-order valence-electron chi connectivity index (χ3n) is 3.33. The van der Waals surface area contributed by atoms with Gasteiger partial charge in [-0.2, -0.15) is 0 Å². The third kappa shape index (κ3) is 3.28. The van der Waals surface area contributed by atoms with E-state index < -0.39 is 5.97 Å². The van der Waals surface area contributed by atoms with Gasteiger partial charge in [-0.1, -0.05) is 20.3 Å². The van der Waals surface area contributed by atoms with Crippen LogP contribution in [-0.2, 0) is 14.4 Å². The van der Waals surface area contributed by atoms with Crippen LogP contribution in [0.5, 0.6) is 0 Å². The molecule has 1 aliphatic heterocycles. The molecule has 1 heterocycles. The maximum atomic E-state index is 11.7. The number of unbranched alkanes of at least 4 members (excludes halogenated alkanes) is 2. The van der Waals surface area contributed by atoms with Crippen molar-refractivity contribution in [1.29, 1.82) is 0 Å². The Balaban J connectivity index is 2.30. The molecule has 2 atom stereocenters. The fourth-order valence-corrected chi connectivity index (χ4v) is 1.97. The molecule has 0 aliphatic carbocycles. The number of imide groups is 1. The fraction of sp³-hybridized carbons (Fsp3) is 0.750. The molecule has 0 spiro atoms. The molecule has 5 nitrogen and oxygen atoms in total. The van der Waals surface area contributed by atoms with Crippen LogP contribution in [-0.4, -0.2) is 34.3 Å². The predicted molar refractivity (Wildman–Crippen MR) is 61.2 cm³/mol. The van der Waals surface area contributed by atoms with Crippen molar-refractivity contribution in [2.45, 2.75) is 39.5 Å². The van der Waals surface area contributed by atoms with E-state index in [1.807, 2.05) is 0 Å². The van der Waals surface area contributed by atoms with Gasteiger partial charge in [-0.3, -0.25) is 19.3 Å². The van der Waals surface area contributed by atoms with Gasteiger partial charge in [-0.05, 0) is 12.8 Å². The average Bonchev–Trinajstić information content (AvgIpc) is 2.45. The number of likely N-dealkylation sites (tertiary alicyclic amines) is 1. The van der Waals surface area contributed by atoms with E-state index in [1.165, 1.54) is 4.90 Å². The molecule has 1 saturated heterocycles. The molecule has 1 N–H and O–H groups in total. The summed E-state index contributed by atoms with van der Waals surface area (Å²) >= 11 is 0. The molecule has 1 aliphatic rings. The van der Waals surface area contributed by atoms with Crippen molar-refractivity contribution in [3.63, 3.8) is 0 Å². The molecule has 0 aromatic rings. The molecular weight excluding hydrogens is 222 g/mol. The number of carboxylic acids is 1. The van der Waals surface area contributed by atoms with Crippen LogP contribution < -0.4 is 0 Å². The first-order valence-electron chi connectivity index (χ1n) is 6.02. The fourth-order valence-electron chi connectivity index (χ4n) is 1.97. The summed E-state index contributed by atoms with van der Waals surface area (Å²) in [5.74, 6) is -1.44. The molecule has 0 radical (unpaired) electrons. The second-order valence-corrected chi connectivity index (χ2v) is 4.61. The van der Waals surface area contributed by atoms with Gasteiger partial charge in [0.15, 0.2) is 0 Å². The van der Waals surface area contributed by atoms with E-state index in [2.05, 4.69) is 0 Å². The zero-order valence-electron chi connectivity index (χ0n) is 10.3. The standard InChI is InChI=1S/C12H19NO4/c1-8-9(2)12(17)13(11(8)16)7-5-3-4-6-10(14)15/h8-9H,3-7H2,1-2H3,(H,14,15). The first kappa shape index (κ1) is 13.7. The van der Waals surface area contributed by atoms with E-state index in [9.17, 15) is 14.4 Å². The highest BCUT2D eigenvalue weighted by Gasteiger charge is 2.41. The van der Waals surface area contributed by atoms with Crippen molar-refractivity contribution in [1.82, 2.24) is 4.90 Å². The van der Waals surface area contributed by atoms with Gasteiger partial charge < -0.3 is 5.11 Å². The van der Waals surface area contributed by atoms with Crippen LogP contribution in [0, 0.1) is 11.8 Å². The molecule has 0 bridgehead atoms. The first-order chi connectivity index (χ1) is 7.95. The van der Waals surface area contributed by atoms with E-state index in [0.717, 1.165) is 6.42 Å². The maximum absolute atomic E-state index is 11.7. The lowest BCUT2D eigenvalue weighted by molar-refractivity contribution is -0.140.